The maximum Gasteiger partial charge on any atom is 0.282 e. The van der Waals surface area contributed by atoms with Gasteiger partial charge in [-0.2, -0.15) is 5.26 Å². The molecule has 4 heterocycles. The zero-order valence-electron chi connectivity index (χ0n) is 25.1. The maximum atomic E-state index is 16.8. The first-order chi connectivity index (χ1) is 21.8. The molecule has 9 nitrogen and oxygen atoms in total. The fourth-order valence-electron chi connectivity index (χ4n) is 7.53. The lowest BCUT2D eigenvalue weighted by Crippen LogP contribution is -2.56. The second kappa shape index (κ2) is 11.4. The summed E-state index contributed by atoms with van der Waals surface area (Å²) in [7, 11) is 2.02. The van der Waals surface area contributed by atoms with Crippen LogP contribution >= 0.6 is 0 Å². The van der Waals surface area contributed by atoms with Gasteiger partial charge in [0.15, 0.2) is 11.6 Å². The molecule has 3 aromatic rings. The average molecular weight is 610 g/mol. The van der Waals surface area contributed by atoms with Crippen molar-refractivity contribution in [3.63, 3.8) is 0 Å². The number of hydrogen-bond donors (Lipinski definition) is 0. The number of benzene rings is 1. The van der Waals surface area contributed by atoms with Crippen molar-refractivity contribution in [3.05, 3.63) is 70.7 Å². The van der Waals surface area contributed by atoms with Gasteiger partial charge in [0.2, 0.25) is 12.4 Å². The van der Waals surface area contributed by atoms with E-state index < -0.39 is 23.6 Å². The monoisotopic (exact) mass is 609 g/mol. The summed E-state index contributed by atoms with van der Waals surface area (Å²) >= 11 is 0. The summed E-state index contributed by atoms with van der Waals surface area (Å²) in [5.74, 6) is -1.46. The number of nitriles is 1. The number of piperazine rings is 1. The van der Waals surface area contributed by atoms with E-state index in [9.17, 15) is 14.4 Å². The van der Waals surface area contributed by atoms with E-state index in [2.05, 4.69) is 38.4 Å². The van der Waals surface area contributed by atoms with E-state index in [-0.39, 0.29) is 54.9 Å². The van der Waals surface area contributed by atoms with Crippen LogP contribution in [0, 0.1) is 29.6 Å². The molecule has 1 amide bonds. The van der Waals surface area contributed by atoms with Crippen molar-refractivity contribution in [1.82, 2.24) is 19.8 Å². The standard InChI is InChI=1S/C34H33F2N7O2/c1-19(35)34(44)43-11-10-42(17-23(43)15-38-2)32-26(14-37)33(45-18-22-7-5-9-41(22)3)40-31-27(32)16-39-30(29(31)36)24-8-4-6-20-12-21-13-25(21)28(20)24/h4,6,8,16,21-23,25H,1,5,7,9-13,15,17-18H2,3H3/t21?,22-,23-,25?/m0/s1. The molecular formula is C34H33F2N7O2. The Morgan fingerprint density at radius 2 is 2.13 bits per heavy atom. The Morgan fingerprint density at radius 1 is 1.29 bits per heavy atom. The van der Waals surface area contributed by atoms with Gasteiger partial charge in [-0.15, -0.1) is 0 Å². The summed E-state index contributed by atoms with van der Waals surface area (Å²) in [6, 6.07) is 7.68. The van der Waals surface area contributed by atoms with Crippen molar-refractivity contribution in [2.75, 3.05) is 51.3 Å². The van der Waals surface area contributed by atoms with Crippen LogP contribution in [-0.2, 0) is 11.2 Å². The molecule has 4 atom stereocenters. The zero-order chi connectivity index (χ0) is 31.4. The Morgan fingerprint density at radius 3 is 2.87 bits per heavy atom. The highest BCUT2D eigenvalue weighted by atomic mass is 19.1. The van der Waals surface area contributed by atoms with Crippen LogP contribution < -0.4 is 9.64 Å². The summed E-state index contributed by atoms with van der Waals surface area (Å²) in [5, 5.41) is 10.8. The van der Waals surface area contributed by atoms with Gasteiger partial charge in [-0.3, -0.25) is 9.78 Å². The topological polar surface area (TPSA) is 90.0 Å². The molecule has 0 bridgehead atoms. The summed E-state index contributed by atoms with van der Waals surface area (Å²) in [5.41, 5.74) is 3.97. The number of carbonyl (C=O) groups is 1. The van der Waals surface area contributed by atoms with Crippen molar-refractivity contribution in [3.8, 4) is 23.2 Å². The Labute approximate surface area is 260 Å². The molecule has 7 rings (SSSR count). The highest BCUT2D eigenvalue weighted by Gasteiger charge is 2.46. The molecule has 4 aliphatic rings. The SMILES string of the molecule is [C-]#[N+]C[C@H]1CN(c2c(C#N)c(OC[C@@H]3CCCN3C)nc3c(F)c(-c4cccc5c4C4CC4C5)ncc23)CCN1C(=O)C(=C)F. The van der Waals surface area contributed by atoms with Crippen LogP contribution in [-0.4, -0.2) is 84.1 Å². The quantitative estimate of drug-likeness (QED) is 0.279. The third kappa shape index (κ3) is 4.96. The summed E-state index contributed by atoms with van der Waals surface area (Å²) in [6.45, 7) is 12.2. The summed E-state index contributed by atoms with van der Waals surface area (Å²) in [4.78, 5) is 30.7. The number of amides is 1. The molecule has 11 heteroatoms. The highest BCUT2D eigenvalue weighted by molar-refractivity contribution is 5.98. The fourth-order valence-corrected chi connectivity index (χ4v) is 7.53. The van der Waals surface area contributed by atoms with Crippen LogP contribution in [0.3, 0.4) is 0 Å². The van der Waals surface area contributed by atoms with Crippen molar-refractivity contribution in [1.29, 1.82) is 5.26 Å². The van der Waals surface area contributed by atoms with Gasteiger partial charge in [0.1, 0.15) is 35.5 Å². The van der Waals surface area contributed by atoms with Crippen LogP contribution in [0.1, 0.15) is 41.9 Å². The molecule has 3 fully saturated rings. The van der Waals surface area contributed by atoms with Crippen LogP contribution in [0.25, 0.3) is 27.0 Å². The second-order valence-corrected chi connectivity index (χ2v) is 12.6. The van der Waals surface area contributed by atoms with E-state index in [1.807, 2.05) is 24.1 Å². The molecule has 0 N–H and O–H groups in total. The van der Waals surface area contributed by atoms with Crippen LogP contribution in [0.15, 0.2) is 36.8 Å². The minimum Gasteiger partial charge on any atom is -0.475 e. The van der Waals surface area contributed by atoms with Crippen molar-refractivity contribution >= 4 is 22.5 Å². The van der Waals surface area contributed by atoms with Gasteiger partial charge in [0, 0.05) is 42.8 Å². The smallest absolute Gasteiger partial charge is 0.282 e. The molecule has 2 aliphatic carbocycles. The fraction of sp³-hybridized carbons (Fsp3) is 0.441. The normalized spacial score (nSPS) is 23.8. The van der Waals surface area contributed by atoms with E-state index in [0.29, 0.717) is 29.5 Å². The van der Waals surface area contributed by atoms with Crippen molar-refractivity contribution < 1.29 is 18.3 Å². The molecule has 2 saturated heterocycles. The first-order valence-corrected chi connectivity index (χ1v) is 15.4. The molecule has 230 valence electrons. The number of hydrogen-bond acceptors (Lipinski definition) is 7. The molecule has 1 aromatic carbocycles. The number of halogens is 2. The molecule has 2 aromatic heterocycles. The second-order valence-electron chi connectivity index (χ2n) is 12.6. The first kappa shape index (κ1) is 29.1. The third-order valence-corrected chi connectivity index (χ3v) is 9.93. The van der Waals surface area contributed by atoms with E-state index >= 15 is 4.39 Å². The van der Waals surface area contributed by atoms with Gasteiger partial charge in [-0.25, -0.2) is 20.3 Å². The Balaban J connectivity index is 1.35. The number of carbonyl (C=O) groups excluding carboxylic acids is 1. The molecule has 2 aliphatic heterocycles. The van der Waals surface area contributed by atoms with Crippen LogP contribution in [0.2, 0.25) is 0 Å². The number of nitrogens with zero attached hydrogens (tertiary/aromatic N) is 7. The van der Waals surface area contributed by atoms with Gasteiger partial charge in [0.05, 0.1) is 5.69 Å². The highest BCUT2D eigenvalue weighted by Crippen LogP contribution is 2.58. The van der Waals surface area contributed by atoms with Crippen LogP contribution in [0.5, 0.6) is 5.88 Å². The average Bonchev–Trinajstić information content (AvgIpc) is 3.51. The summed E-state index contributed by atoms with van der Waals surface area (Å²) in [6.07, 6.45) is 5.65. The predicted molar refractivity (Wildman–Crippen MR) is 165 cm³/mol. The van der Waals surface area contributed by atoms with Gasteiger partial charge in [-0.1, -0.05) is 24.8 Å². The maximum absolute atomic E-state index is 16.8. The van der Waals surface area contributed by atoms with Crippen molar-refractivity contribution in [2.24, 2.45) is 5.92 Å². The molecule has 45 heavy (non-hydrogen) atoms. The lowest BCUT2D eigenvalue weighted by atomic mass is 9.96. The number of likely N-dealkylation sites (N-methyl/N-ethyl adjacent to an activating group) is 1. The first-order valence-electron chi connectivity index (χ1n) is 15.4. The molecule has 0 spiro atoms. The van der Waals surface area contributed by atoms with Gasteiger partial charge >= 0.3 is 0 Å². The summed E-state index contributed by atoms with van der Waals surface area (Å²) < 4.78 is 36.8. The van der Waals surface area contributed by atoms with E-state index in [4.69, 9.17) is 11.3 Å². The lowest BCUT2D eigenvalue weighted by molar-refractivity contribution is -0.131. The molecular weight excluding hydrogens is 576 g/mol. The van der Waals surface area contributed by atoms with Gasteiger partial charge in [0.25, 0.3) is 5.91 Å². The van der Waals surface area contributed by atoms with Gasteiger partial charge < -0.3 is 24.3 Å². The number of likely N-dealkylation sites (tertiary alicyclic amines) is 1. The zero-order valence-corrected chi connectivity index (χ0v) is 25.1. The minimum absolute atomic E-state index is 0.0364. The predicted octanol–water partition coefficient (Wildman–Crippen LogP) is 4.86. The third-order valence-electron chi connectivity index (χ3n) is 9.93. The van der Waals surface area contributed by atoms with E-state index in [1.54, 1.807) is 6.20 Å². The molecule has 0 radical (unpaired) electrons. The molecule has 1 saturated carbocycles. The molecule has 2 unspecified atom stereocenters. The number of ether oxygens (including phenoxy) is 1. The number of pyridine rings is 2. The number of anilines is 1. The number of rotatable bonds is 7. The van der Waals surface area contributed by atoms with E-state index in [1.165, 1.54) is 16.0 Å². The Hall–Kier alpha value is -4.61. The Bertz CT molecular complexity index is 1810. The Kier molecular flexibility index (Phi) is 7.37. The van der Waals surface area contributed by atoms with Gasteiger partial charge in [-0.05, 0) is 62.2 Å². The number of aromatic nitrogens is 2. The lowest BCUT2D eigenvalue weighted by Gasteiger charge is -2.40. The van der Waals surface area contributed by atoms with E-state index in [0.717, 1.165) is 37.8 Å². The minimum atomic E-state index is -1.10. The largest absolute Gasteiger partial charge is 0.475 e. The van der Waals surface area contributed by atoms with Crippen molar-refractivity contribution in [2.45, 2.75) is 43.7 Å². The van der Waals surface area contributed by atoms with Crippen LogP contribution in [0.4, 0.5) is 14.5 Å². The number of fused-ring (bicyclic) bond motifs is 4.